The minimum atomic E-state index is -0.292. The largest absolute Gasteiger partial charge is 0.391 e. The van der Waals surface area contributed by atoms with Crippen molar-refractivity contribution in [3.8, 4) is 0 Å². The van der Waals surface area contributed by atoms with E-state index >= 15 is 0 Å². The first-order chi connectivity index (χ1) is 15.1. The Bertz CT molecular complexity index is 1120. The van der Waals surface area contributed by atoms with Crippen LogP contribution >= 0.6 is 11.3 Å². The number of nitrogens with zero attached hydrogens (tertiary/aromatic N) is 6. The number of nitrogens with one attached hydrogen (secondary N) is 1. The summed E-state index contributed by atoms with van der Waals surface area (Å²) in [5.74, 6) is 0.704. The highest BCUT2D eigenvalue weighted by molar-refractivity contribution is 7.13. The lowest BCUT2D eigenvalue weighted by Gasteiger charge is -2.36. The molecule has 5 heterocycles. The van der Waals surface area contributed by atoms with E-state index in [1.807, 2.05) is 22.2 Å². The molecular weight excluding hydrogens is 414 g/mol. The third kappa shape index (κ3) is 3.34. The molecule has 3 fully saturated rings. The molecule has 1 spiro atoms. The monoisotopic (exact) mass is 439 g/mol. The van der Waals surface area contributed by atoms with E-state index in [1.54, 1.807) is 12.4 Å². The molecule has 9 nitrogen and oxygen atoms in total. The lowest BCUT2D eigenvalue weighted by atomic mass is 9.91. The van der Waals surface area contributed by atoms with E-state index in [0.717, 1.165) is 55.4 Å². The summed E-state index contributed by atoms with van der Waals surface area (Å²) >= 11 is 1.48. The van der Waals surface area contributed by atoms with Crippen molar-refractivity contribution in [1.82, 2.24) is 24.7 Å². The number of amides is 1. The second kappa shape index (κ2) is 7.16. The first-order valence-corrected chi connectivity index (χ1v) is 11.7. The average Bonchev–Trinajstić information content (AvgIpc) is 3.19. The Balaban J connectivity index is 1.09. The Hall–Kier alpha value is -2.72. The zero-order chi connectivity index (χ0) is 21.0. The number of imidazole rings is 1. The van der Waals surface area contributed by atoms with Crippen LogP contribution in [0.25, 0.3) is 5.65 Å². The van der Waals surface area contributed by atoms with Crippen LogP contribution in [0.2, 0.25) is 0 Å². The number of aliphatic hydroxyl groups is 1. The molecule has 0 aromatic carbocycles. The molecule has 1 unspecified atom stereocenters. The van der Waals surface area contributed by atoms with Gasteiger partial charge in [0.15, 0.2) is 16.6 Å². The molecule has 10 heteroatoms. The molecule has 0 bridgehead atoms. The first-order valence-electron chi connectivity index (χ1n) is 10.8. The van der Waals surface area contributed by atoms with Gasteiger partial charge in [-0.3, -0.25) is 4.79 Å². The number of rotatable bonds is 4. The maximum Gasteiger partial charge on any atom is 0.271 e. The van der Waals surface area contributed by atoms with Crippen molar-refractivity contribution in [1.29, 1.82) is 0 Å². The van der Waals surface area contributed by atoms with Gasteiger partial charge in [0.05, 0.1) is 6.10 Å². The molecule has 1 saturated carbocycles. The summed E-state index contributed by atoms with van der Waals surface area (Å²) in [6.07, 6.45) is 11.2. The molecule has 3 aliphatic rings. The molecule has 0 radical (unpaired) electrons. The van der Waals surface area contributed by atoms with Crippen LogP contribution in [0.1, 0.15) is 36.2 Å². The summed E-state index contributed by atoms with van der Waals surface area (Å²) < 4.78 is 1.95. The van der Waals surface area contributed by atoms with Crippen molar-refractivity contribution in [2.75, 3.05) is 36.0 Å². The van der Waals surface area contributed by atoms with Gasteiger partial charge >= 0.3 is 0 Å². The van der Waals surface area contributed by atoms with Crippen LogP contribution in [-0.4, -0.2) is 68.7 Å². The number of carbonyl (C=O) groups is 1. The summed E-state index contributed by atoms with van der Waals surface area (Å²) in [5.41, 5.74) is 1.45. The average molecular weight is 440 g/mol. The lowest BCUT2D eigenvalue weighted by molar-refractivity contribution is 0.0776. The quantitative estimate of drug-likeness (QED) is 0.636. The number of aliphatic hydroxyl groups excluding tert-OH is 1. The Morgan fingerprint density at radius 3 is 2.77 bits per heavy atom. The van der Waals surface area contributed by atoms with E-state index in [4.69, 9.17) is 0 Å². The van der Waals surface area contributed by atoms with Gasteiger partial charge < -0.3 is 24.6 Å². The Morgan fingerprint density at radius 1 is 1.13 bits per heavy atom. The van der Waals surface area contributed by atoms with Crippen LogP contribution < -0.4 is 15.1 Å². The summed E-state index contributed by atoms with van der Waals surface area (Å²) in [5, 5.41) is 16.2. The fraction of sp³-hybridized carbons (Fsp3) is 0.524. The first kappa shape index (κ1) is 19.0. The van der Waals surface area contributed by atoms with Gasteiger partial charge in [0.2, 0.25) is 0 Å². The molecule has 2 atom stereocenters. The van der Waals surface area contributed by atoms with Crippen molar-refractivity contribution in [3.05, 3.63) is 35.9 Å². The molecule has 3 aromatic heterocycles. The molecule has 3 aromatic rings. The zero-order valence-corrected chi connectivity index (χ0v) is 18.0. The van der Waals surface area contributed by atoms with E-state index in [0.29, 0.717) is 18.8 Å². The number of thiazole rings is 1. The number of aromatic nitrogens is 4. The van der Waals surface area contributed by atoms with Crippen molar-refractivity contribution in [2.24, 2.45) is 5.41 Å². The smallest absolute Gasteiger partial charge is 0.271 e. The molecule has 2 saturated heterocycles. The van der Waals surface area contributed by atoms with Crippen LogP contribution in [0.15, 0.2) is 30.2 Å². The molecule has 2 N–H and O–H groups in total. The van der Waals surface area contributed by atoms with Crippen molar-refractivity contribution in [2.45, 2.75) is 37.8 Å². The van der Waals surface area contributed by atoms with Crippen molar-refractivity contribution < 1.29 is 9.90 Å². The van der Waals surface area contributed by atoms with E-state index in [1.165, 1.54) is 11.3 Å². The van der Waals surface area contributed by atoms with Gasteiger partial charge in [-0.1, -0.05) is 0 Å². The lowest BCUT2D eigenvalue weighted by Crippen LogP contribution is -2.45. The maximum atomic E-state index is 12.8. The molecule has 2 aliphatic heterocycles. The van der Waals surface area contributed by atoms with Gasteiger partial charge in [-0.15, -0.1) is 11.3 Å². The van der Waals surface area contributed by atoms with Crippen LogP contribution in [0.5, 0.6) is 0 Å². The number of hydrogen-bond acceptors (Lipinski definition) is 8. The summed E-state index contributed by atoms with van der Waals surface area (Å²) in [7, 11) is 0. The fourth-order valence-electron chi connectivity index (χ4n) is 4.84. The van der Waals surface area contributed by atoms with E-state index in [2.05, 4.69) is 30.1 Å². The van der Waals surface area contributed by atoms with Crippen LogP contribution in [-0.2, 0) is 0 Å². The highest BCUT2D eigenvalue weighted by Crippen LogP contribution is 2.54. The normalized spacial score (nSPS) is 24.8. The minimum Gasteiger partial charge on any atom is -0.391 e. The van der Waals surface area contributed by atoms with Gasteiger partial charge in [-0.25, -0.2) is 15.0 Å². The Kier molecular flexibility index (Phi) is 4.39. The van der Waals surface area contributed by atoms with Crippen LogP contribution in [0.4, 0.5) is 10.9 Å². The number of carbonyl (C=O) groups excluding carboxylic acids is 1. The predicted octanol–water partition coefficient (Wildman–Crippen LogP) is 1.55. The molecule has 1 aliphatic carbocycles. The van der Waals surface area contributed by atoms with Crippen molar-refractivity contribution in [3.63, 3.8) is 0 Å². The van der Waals surface area contributed by atoms with Gasteiger partial charge in [-0.05, 0) is 31.1 Å². The number of β-amino-alcohol motifs (C(OH)–C–C–N with tert-alkyl or cyclic N) is 1. The van der Waals surface area contributed by atoms with Gasteiger partial charge in [-0.2, -0.15) is 0 Å². The topological polar surface area (TPSA) is 98.9 Å². The SMILES string of the molecule is O=C(N[C@H]1CCN(c2nccn3ccnc23)C1)c1csc(N2CCC3(CC3)C(O)C2)n1. The second-order valence-electron chi connectivity index (χ2n) is 8.90. The van der Waals surface area contributed by atoms with E-state index < -0.39 is 0 Å². The summed E-state index contributed by atoms with van der Waals surface area (Å²) in [4.78, 5) is 30.6. The Labute approximate surface area is 183 Å². The Morgan fingerprint density at radius 2 is 1.97 bits per heavy atom. The van der Waals surface area contributed by atoms with Crippen molar-refractivity contribution >= 4 is 33.8 Å². The maximum absolute atomic E-state index is 12.8. The van der Waals surface area contributed by atoms with Gasteiger partial charge in [0.1, 0.15) is 5.69 Å². The number of anilines is 2. The highest BCUT2D eigenvalue weighted by atomic mass is 32.1. The van der Waals surface area contributed by atoms with Crippen LogP contribution in [0.3, 0.4) is 0 Å². The van der Waals surface area contributed by atoms with E-state index in [-0.39, 0.29) is 23.5 Å². The predicted molar refractivity (Wildman–Crippen MR) is 118 cm³/mol. The van der Waals surface area contributed by atoms with E-state index in [9.17, 15) is 9.90 Å². The zero-order valence-electron chi connectivity index (χ0n) is 17.1. The fourth-order valence-corrected chi connectivity index (χ4v) is 5.68. The number of piperidine rings is 1. The van der Waals surface area contributed by atoms with Gasteiger partial charge in [0.25, 0.3) is 5.91 Å². The molecule has 31 heavy (non-hydrogen) atoms. The highest BCUT2D eigenvalue weighted by Gasteiger charge is 2.51. The number of hydrogen-bond donors (Lipinski definition) is 2. The molecule has 1 amide bonds. The minimum absolute atomic E-state index is 0.0428. The molecule has 6 rings (SSSR count). The summed E-state index contributed by atoms with van der Waals surface area (Å²) in [6, 6.07) is 0.0428. The second-order valence-corrected chi connectivity index (χ2v) is 9.74. The van der Waals surface area contributed by atoms with Crippen LogP contribution in [0, 0.1) is 5.41 Å². The third-order valence-electron chi connectivity index (χ3n) is 6.98. The molecular formula is C21H25N7O2S. The molecule has 162 valence electrons. The third-order valence-corrected chi connectivity index (χ3v) is 7.88. The van der Waals surface area contributed by atoms with Gasteiger partial charge in [0, 0.05) is 62.4 Å². The number of fused-ring (bicyclic) bond motifs is 1. The summed E-state index contributed by atoms with van der Waals surface area (Å²) in [6.45, 7) is 3.02. The standard InChI is InChI=1S/C21H25N7O2S/c29-16-12-28(8-4-21(16)2-3-21)20-25-15(13-31-20)19(30)24-14-1-7-27(11-14)18-17-22-5-9-26(17)10-6-23-18/h5-6,9-10,13-14,16,29H,1-4,7-8,11-12H2,(H,24,30)/t14-,16?/m0/s1.